The van der Waals surface area contributed by atoms with Crippen LogP contribution < -0.4 is 0 Å². The van der Waals surface area contributed by atoms with Gasteiger partial charge in [0.05, 0.1) is 6.10 Å². The number of aliphatic hydroxyl groups is 1. The highest BCUT2D eigenvalue weighted by Gasteiger charge is 2.39. The van der Waals surface area contributed by atoms with Crippen LogP contribution in [-0.2, 0) is 9.53 Å². The van der Waals surface area contributed by atoms with Crippen molar-refractivity contribution < 1.29 is 14.6 Å². The number of carbonyl (C=O) groups is 1. The molecule has 0 radical (unpaired) electrons. The maximum atomic E-state index is 12.8. The fourth-order valence-electron chi connectivity index (χ4n) is 3.75. The number of nitrogens with zero attached hydrogens (tertiary/aromatic N) is 1. The lowest BCUT2D eigenvalue weighted by Gasteiger charge is -2.31. The number of ether oxygens (including phenoxy) is 1. The van der Waals surface area contributed by atoms with Crippen molar-refractivity contribution in [3.63, 3.8) is 0 Å². The molecule has 4 atom stereocenters. The molecule has 1 amide bonds. The molecule has 2 aliphatic rings. The van der Waals surface area contributed by atoms with Crippen molar-refractivity contribution in [2.24, 2.45) is 11.8 Å². The molecule has 0 unspecified atom stereocenters. The summed E-state index contributed by atoms with van der Waals surface area (Å²) in [5.74, 6) is 0.805. The first kappa shape index (κ1) is 16.0. The minimum absolute atomic E-state index is 0.0965. The predicted octanol–water partition coefficient (Wildman–Crippen LogP) is 2.49. The first-order valence-corrected chi connectivity index (χ1v) is 9.20. The van der Waals surface area contributed by atoms with Crippen molar-refractivity contribution in [3.8, 4) is 0 Å². The number of carbonyl (C=O) groups excluding carboxylic acids is 1. The van der Waals surface area contributed by atoms with Gasteiger partial charge in [0.1, 0.15) is 0 Å². The largest absolute Gasteiger partial charge is 0.396 e. The molecule has 5 heteroatoms. The first-order valence-electron chi connectivity index (χ1n) is 8.26. The Hall–Kier alpha value is -0.910. The molecule has 3 heterocycles. The van der Waals surface area contributed by atoms with Crippen molar-refractivity contribution >= 4 is 17.2 Å². The fourth-order valence-corrected chi connectivity index (χ4v) is 4.47. The normalized spacial score (nSPS) is 32.4. The molecule has 0 bridgehead atoms. The van der Waals surface area contributed by atoms with Crippen LogP contribution in [0.3, 0.4) is 0 Å². The van der Waals surface area contributed by atoms with E-state index in [1.54, 1.807) is 11.3 Å². The minimum Gasteiger partial charge on any atom is -0.396 e. The molecule has 0 spiro atoms. The lowest BCUT2D eigenvalue weighted by atomic mass is 9.91. The van der Waals surface area contributed by atoms with Gasteiger partial charge in [0, 0.05) is 44.1 Å². The SMILES string of the molecule is CC[C@@H]1C[C@H](C(=O)N2C[C@@H](CO)[C@H](c3ccsc3)C2)CCO1. The van der Waals surface area contributed by atoms with Crippen molar-refractivity contribution in [1.29, 1.82) is 0 Å². The van der Waals surface area contributed by atoms with E-state index in [0.717, 1.165) is 25.8 Å². The number of likely N-dealkylation sites (tertiary alicyclic amines) is 1. The molecule has 1 aromatic heterocycles. The molecule has 4 nitrogen and oxygen atoms in total. The highest BCUT2D eigenvalue weighted by molar-refractivity contribution is 7.08. The number of hydrogen-bond acceptors (Lipinski definition) is 4. The molecule has 2 saturated heterocycles. The monoisotopic (exact) mass is 323 g/mol. The Morgan fingerprint density at radius 2 is 2.36 bits per heavy atom. The smallest absolute Gasteiger partial charge is 0.225 e. The van der Waals surface area contributed by atoms with Gasteiger partial charge in [0.15, 0.2) is 0 Å². The van der Waals surface area contributed by atoms with Gasteiger partial charge >= 0.3 is 0 Å². The van der Waals surface area contributed by atoms with E-state index >= 15 is 0 Å². The van der Waals surface area contributed by atoms with E-state index in [4.69, 9.17) is 4.74 Å². The molecule has 122 valence electrons. The Labute approximate surface area is 136 Å². The molecule has 2 fully saturated rings. The minimum atomic E-state index is 0.0965. The summed E-state index contributed by atoms with van der Waals surface area (Å²) in [6.07, 6.45) is 2.88. The van der Waals surface area contributed by atoms with E-state index in [1.807, 2.05) is 4.90 Å². The van der Waals surface area contributed by atoms with Gasteiger partial charge in [-0.1, -0.05) is 6.92 Å². The van der Waals surface area contributed by atoms with Gasteiger partial charge in [0.2, 0.25) is 5.91 Å². The zero-order valence-corrected chi connectivity index (χ0v) is 13.9. The Bertz CT molecular complexity index is 490. The van der Waals surface area contributed by atoms with E-state index in [2.05, 4.69) is 23.8 Å². The summed E-state index contributed by atoms with van der Waals surface area (Å²) in [5.41, 5.74) is 1.26. The molecule has 0 saturated carbocycles. The topological polar surface area (TPSA) is 49.8 Å². The van der Waals surface area contributed by atoms with Gasteiger partial charge in [-0.15, -0.1) is 0 Å². The van der Waals surface area contributed by atoms with E-state index in [9.17, 15) is 9.90 Å². The first-order chi connectivity index (χ1) is 10.7. The van der Waals surface area contributed by atoms with Gasteiger partial charge < -0.3 is 14.7 Å². The Morgan fingerprint density at radius 1 is 1.50 bits per heavy atom. The van der Waals surface area contributed by atoms with Gasteiger partial charge in [0.25, 0.3) is 0 Å². The van der Waals surface area contributed by atoms with E-state index < -0.39 is 0 Å². The van der Waals surface area contributed by atoms with Crippen LogP contribution in [0.2, 0.25) is 0 Å². The Morgan fingerprint density at radius 3 is 3.05 bits per heavy atom. The average Bonchev–Trinajstić information content (AvgIpc) is 3.22. The lowest BCUT2D eigenvalue weighted by Crippen LogP contribution is -2.39. The van der Waals surface area contributed by atoms with Crippen LogP contribution in [0.1, 0.15) is 37.7 Å². The maximum absolute atomic E-state index is 12.8. The number of rotatable bonds is 4. The van der Waals surface area contributed by atoms with E-state index in [1.165, 1.54) is 5.56 Å². The van der Waals surface area contributed by atoms with Crippen molar-refractivity contribution in [2.75, 3.05) is 26.3 Å². The number of thiophene rings is 1. The average molecular weight is 323 g/mol. The Kier molecular flexibility index (Phi) is 5.16. The molecule has 0 aromatic carbocycles. The highest BCUT2D eigenvalue weighted by Crippen LogP contribution is 2.35. The molecular weight excluding hydrogens is 298 g/mol. The fraction of sp³-hybridized carbons (Fsp3) is 0.706. The second kappa shape index (κ2) is 7.11. The lowest BCUT2D eigenvalue weighted by molar-refractivity contribution is -0.139. The van der Waals surface area contributed by atoms with E-state index in [-0.39, 0.29) is 36.4 Å². The van der Waals surface area contributed by atoms with Crippen molar-refractivity contribution in [3.05, 3.63) is 22.4 Å². The summed E-state index contributed by atoms with van der Waals surface area (Å²) in [5, 5.41) is 13.9. The quantitative estimate of drug-likeness (QED) is 0.926. The van der Waals surface area contributed by atoms with Crippen LogP contribution in [0.5, 0.6) is 0 Å². The number of hydrogen-bond donors (Lipinski definition) is 1. The van der Waals surface area contributed by atoms with Crippen LogP contribution >= 0.6 is 11.3 Å². The molecule has 1 N–H and O–H groups in total. The molecule has 22 heavy (non-hydrogen) atoms. The van der Waals surface area contributed by atoms with Crippen molar-refractivity contribution in [1.82, 2.24) is 4.90 Å². The molecule has 0 aliphatic carbocycles. The van der Waals surface area contributed by atoms with Crippen LogP contribution in [0.4, 0.5) is 0 Å². The molecular formula is C17H25NO3S. The number of amides is 1. The highest BCUT2D eigenvalue weighted by atomic mass is 32.1. The van der Waals surface area contributed by atoms with E-state index in [0.29, 0.717) is 13.2 Å². The third kappa shape index (κ3) is 3.21. The molecule has 2 aliphatic heterocycles. The summed E-state index contributed by atoms with van der Waals surface area (Å²) < 4.78 is 5.68. The van der Waals surface area contributed by atoms with Gasteiger partial charge in [-0.25, -0.2) is 0 Å². The standard InChI is InChI=1S/C17H25NO3S/c1-2-15-7-12(3-5-21-15)17(20)18-8-14(10-19)16(9-18)13-4-6-22-11-13/h4,6,11-12,14-16,19H,2-3,5,7-10H2,1H3/t12-,14+,15-,16+/m1/s1. The second-order valence-corrected chi connectivity index (χ2v) is 7.25. The summed E-state index contributed by atoms with van der Waals surface area (Å²) in [4.78, 5) is 14.8. The van der Waals surface area contributed by atoms with Crippen LogP contribution in [0, 0.1) is 11.8 Å². The number of aliphatic hydroxyl groups excluding tert-OH is 1. The second-order valence-electron chi connectivity index (χ2n) is 6.47. The summed E-state index contributed by atoms with van der Waals surface area (Å²) in [6, 6.07) is 2.12. The van der Waals surface area contributed by atoms with Gasteiger partial charge in [-0.2, -0.15) is 11.3 Å². The van der Waals surface area contributed by atoms with Gasteiger partial charge in [-0.05, 0) is 41.7 Å². The van der Waals surface area contributed by atoms with Crippen molar-refractivity contribution in [2.45, 2.75) is 38.2 Å². The van der Waals surface area contributed by atoms with Crippen LogP contribution in [-0.4, -0.2) is 48.3 Å². The van der Waals surface area contributed by atoms with Crippen LogP contribution in [0.25, 0.3) is 0 Å². The molecule has 3 rings (SSSR count). The zero-order valence-electron chi connectivity index (χ0n) is 13.1. The maximum Gasteiger partial charge on any atom is 0.225 e. The summed E-state index contributed by atoms with van der Waals surface area (Å²) in [7, 11) is 0. The predicted molar refractivity (Wildman–Crippen MR) is 87.0 cm³/mol. The molecule has 1 aromatic rings. The van der Waals surface area contributed by atoms with Gasteiger partial charge in [-0.3, -0.25) is 4.79 Å². The Balaban J connectivity index is 1.66. The zero-order chi connectivity index (χ0) is 15.5. The summed E-state index contributed by atoms with van der Waals surface area (Å²) in [6.45, 7) is 4.39. The van der Waals surface area contributed by atoms with Crippen LogP contribution in [0.15, 0.2) is 16.8 Å². The third-order valence-corrected chi connectivity index (χ3v) is 5.83. The third-order valence-electron chi connectivity index (χ3n) is 5.13. The summed E-state index contributed by atoms with van der Waals surface area (Å²) >= 11 is 1.68.